The Balaban J connectivity index is -0.00000000500. The van der Waals surface area contributed by atoms with Crippen LogP contribution in [0.25, 0.3) is 0 Å². The van der Waals surface area contributed by atoms with Crippen LogP contribution in [0.3, 0.4) is 0 Å². The van der Waals surface area contributed by atoms with Gasteiger partial charge in [-0.15, -0.1) is 0 Å². The van der Waals surface area contributed by atoms with Crippen molar-refractivity contribution in [3.05, 3.63) is 0 Å². The molecule has 0 aromatic carbocycles. The third-order valence-corrected chi connectivity index (χ3v) is 0. The molecule has 0 amide bonds. The van der Waals surface area contributed by atoms with Crippen LogP contribution in [0.2, 0.25) is 0 Å². The Kier molecular flexibility index (Phi) is 78.5. The molecule has 4 heavy (non-hydrogen) atoms. The summed E-state index contributed by atoms with van der Waals surface area (Å²) in [6.07, 6.45) is 0. The van der Waals surface area contributed by atoms with Crippen molar-refractivity contribution in [1.29, 1.82) is 0 Å². The Morgan fingerprint density at radius 3 is 1.25 bits per heavy atom. The molecule has 1 atom stereocenters. The predicted molar refractivity (Wildman–Crippen MR) is 21.1 cm³/mol. The minimum absolute atomic E-state index is 0. The minimum atomic E-state index is 0. The van der Waals surface area contributed by atoms with Gasteiger partial charge in [0.25, 0.3) is 0 Å². The van der Waals surface area contributed by atoms with Crippen LogP contribution < -0.4 is 0 Å². The molecule has 0 aliphatic carbocycles. The topological polar surface area (TPSA) is 0 Å². The molecule has 0 heterocycles. The zero-order valence-corrected chi connectivity index (χ0v) is 7.09. The summed E-state index contributed by atoms with van der Waals surface area (Å²) in [5.41, 5.74) is 0. The van der Waals surface area contributed by atoms with Crippen LogP contribution in [0, 0.1) is 39.9 Å². The van der Waals surface area contributed by atoms with Gasteiger partial charge in [-0.2, -0.15) is 13.5 Å². The Bertz CT molecular complexity index is 8.00. The van der Waals surface area contributed by atoms with E-state index in [1.165, 1.54) is 16.4 Å². The molecule has 0 saturated heterocycles. The smallest absolute Gasteiger partial charge is 0.158 e. The fourth-order valence-corrected chi connectivity index (χ4v) is 0. The Morgan fingerprint density at radius 2 is 1.25 bits per heavy atom. The van der Waals surface area contributed by atoms with E-state index >= 15 is 0 Å². The first kappa shape index (κ1) is 16.4. The third kappa shape index (κ3) is 8.90. The van der Waals surface area contributed by atoms with E-state index < -0.39 is 0 Å². The molecule has 0 aliphatic rings. The molecule has 0 aliphatic heterocycles. The van der Waals surface area contributed by atoms with E-state index in [9.17, 15) is 3.56 Å². The van der Waals surface area contributed by atoms with Crippen LogP contribution in [-0.2, 0) is 0 Å². The molecule has 4 heteroatoms. The van der Waals surface area contributed by atoms with Crippen LogP contribution in [0.4, 0.5) is 3.56 Å². The zero-order valence-electron chi connectivity index (χ0n) is 1.82. The molecule has 0 aromatic heterocycles. The fraction of sp³-hybridized carbons (Fsp3) is 0. The summed E-state index contributed by atoms with van der Waals surface area (Å²) in [6.45, 7) is 0. The van der Waals surface area contributed by atoms with Crippen LogP contribution >= 0.6 is 26.3 Å². The first-order chi connectivity index (χ1) is 1.00. The minimum Gasteiger partial charge on any atom is -0.158 e. The molecule has 30 valence electrons. The second-order valence-electron chi connectivity index (χ2n) is 0. The van der Waals surface area contributed by atoms with Gasteiger partial charge in [0.05, 0.1) is 0 Å². The van der Waals surface area contributed by atoms with E-state index in [1.54, 1.807) is 0 Å². The van der Waals surface area contributed by atoms with Gasteiger partial charge in [0.2, 0.25) is 0 Å². The predicted octanol–water partition coefficient (Wildman–Crippen LogP) is 1.32. The summed E-state index contributed by atoms with van der Waals surface area (Å²) in [5.74, 6) is 0. The maximum Gasteiger partial charge on any atom is 0.158 e. The monoisotopic (exact) mass is 290 g/mol. The van der Waals surface area contributed by atoms with E-state index in [0.29, 0.717) is 0 Å². The molecule has 0 nitrogen and oxygen atoms in total. The van der Waals surface area contributed by atoms with E-state index in [-0.39, 0.29) is 49.8 Å². The van der Waals surface area contributed by atoms with Gasteiger partial charge in [0.15, 0.2) is 16.4 Å². The summed E-state index contributed by atoms with van der Waals surface area (Å²) in [4.78, 5) is 0. The number of rotatable bonds is 0. The summed E-state index contributed by atoms with van der Waals surface area (Å²) < 4.78 is 9.31. The maximum atomic E-state index is 9.31. The van der Waals surface area contributed by atoms with Crippen molar-refractivity contribution < 1.29 is 43.5 Å². The zero-order chi connectivity index (χ0) is 2.00. The maximum absolute atomic E-state index is 9.31. The number of hydrogen-bond donors (Lipinski definition) is 0. The van der Waals surface area contributed by atoms with Gasteiger partial charge in [-0.25, -0.2) is 0 Å². The van der Waals surface area contributed by atoms with Crippen LogP contribution in [0.1, 0.15) is 0 Å². The summed E-state index contributed by atoms with van der Waals surface area (Å²) in [5, 5.41) is 0. The SMILES string of the molecule is FBr.P.[Gd]. The average Bonchev–Trinajstić information content (AvgIpc) is 1.00. The van der Waals surface area contributed by atoms with E-state index in [2.05, 4.69) is 0 Å². The van der Waals surface area contributed by atoms with E-state index in [0.717, 1.165) is 0 Å². The van der Waals surface area contributed by atoms with Crippen molar-refractivity contribution in [2.24, 2.45) is 0 Å². The van der Waals surface area contributed by atoms with E-state index in [4.69, 9.17) is 0 Å². The van der Waals surface area contributed by atoms with Gasteiger partial charge in [0.1, 0.15) is 0 Å². The Hall–Kier alpha value is 2.16. The molecule has 0 bridgehead atoms. The van der Waals surface area contributed by atoms with Crippen LogP contribution in [0.15, 0.2) is 0 Å². The average molecular weight is 290 g/mol. The molecule has 0 aromatic rings. The first-order valence-corrected chi connectivity index (χ1v) is 0.742. The molecule has 1 unspecified atom stereocenters. The quantitative estimate of drug-likeness (QED) is 0.590. The first-order valence-electron chi connectivity index (χ1n) is 0.143. The standard InChI is InChI=1S/BrF.Gd.H3P/c1-2;;/h;;1H3. The van der Waals surface area contributed by atoms with Crippen molar-refractivity contribution in [3.63, 3.8) is 0 Å². The van der Waals surface area contributed by atoms with Gasteiger partial charge in [-0.1, -0.05) is 0 Å². The molecular weight excluding hydrogens is 287 g/mol. The fourth-order valence-electron chi connectivity index (χ4n) is 0. The summed E-state index contributed by atoms with van der Waals surface area (Å²) in [6, 6.07) is 0. The van der Waals surface area contributed by atoms with E-state index in [1.807, 2.05) is 0 Å². The van der Waals surface area contributed by atoms with Crippen molar-refractivity contribution in [3.8, 4) is 0 Å². The number of hydrogen-bond acceptors (Lipinski definition) is 0. The van der Waals surface area contributed by atoms with Crippen molar-refractivity contribution in [1.82, 2.24) is 0 Å². The van der Waals surface area contributed by atoms with Crippen LogP contribution in [-0.4, -0.2) is 0 Å². The second-order valence-corrected chi connectivity index (χ2v) is 0. The molecule has 0 radical (unpaired) electrons. The van der Waals surface area contributed by atoms with Crippen molar-refractivity contribution >= 4 is 26.3 Å². The molecule has 0 saturated carbocycles. The molecule has 0 N–H and O–H groups in total. The van der Waals surface area contributed by atoms with Gasteiger partial charge < -0.3 is 0 Å². The van der Waals surface area contributed by atoms with Crippen molar-refractivity contribution in [2.45, 2.75) is 0 Å². The van der Waals surface area contributed by atoms with Gasteiger partial charge >= 0.3 is 0 Å². The van der Waals surface area contributed by atoms with Gasteiger partial charge in [0, 0.05) is 39.9 Å². The van der Waals surface area contributed by atoms with Gasteiger partial charge in [-0.3, -0.25) is 0 Å². The Morgan fingerprint density at radius 1 is 1.25 bits per heavy atom. The van der Waals surface area contributed by atoms with Gasteiger partial charge in [-0.05, 0) is 0 Å². The molecule has 0 spiro atoms. The largest absolute Gasteiger partial charge is 0.158 e. The molecular formula is H3BrFGdP. The summed E-state index contributed by atoms with van der Waals surface area (Å²) >= 11 is 1.44. The molecule has 0 rings (SSSR count). The number of halogens is 2. The third-order valence-electron chi connectivity index (χ3n) is 0. The Labute approximate surface area is 68.8 Å². The molecule has 0 fully saturated rings. The summed E-state index contributed by atoms with van der Waals surface area (Å²) in [7, 11) is 0. The normalized spacial score (nSPS) is 1.50. The van der Waals surface area contributed by atoms with Crippen LogP contribution in [0.5, 0.6) is 0 Å². The second kappa shape index (κ2) is 19.1. The van der Waals surface area contributed by atoms with Crippen molar-refractivity contribution in [2.75, 3.05) is 0 Å².